The first kappa shape index (κ1) is 15.8. The van der Waals surface area contributed by atoms with Gasteiger partial charge in [-0.05, 0) is 43.7 Å². The third kappa shape index (κ3) is 4.21. The molecule has 21 heavy (non-hydrogen) atoms. The Morgan fingerprint density at radius 2 is 2.24 bits per heavy atom. The Balaban J connectivity index is 1.89. The van der Waals surface area contributed by atoms with Crippen LogP contribution in [0.2, 0.25) is 0 Å². The van der Waals surface area contributed by atoms with E-state index in [4.69, 9.17) is 10.5 Å². The predicted octanol–water partition coefficient (Wildman–Crippen LogP) is 2.21. The molecule has 2 atom stereocenters. The lowest BCUT2D eigenvalue weighted by atomic mass is 9.92. The maximum absolute atomic E-state index is 12.3. The van der Waals surface area contributed by atoms with Crippen molar-refractivity contribution in [3.63, 3.8) is 0 Å². The number of hydrogen-bond donors (Lipinski definition) is 1. The van der Waals surface area contributed by atoms with Gasteiger partial charge in [0.1, 0.15) is 5.75 Å². The number of aryl methyl sites for hydroxylation is 1. The molecule has 0 aliphatic carbocycles. The van der Waals surface area contributed by atoms with E-state index in [1.165, 1.54) is 0 Å². The summed E-state index contributed by atoms with van der Waals surface area (Å²) in [7, 11) is 0. The van der Waals surface area contributed by atoms with Gasteiger partial charge in [-0.2, -0.15) is 0 Å². The van der Waals surface area contributed by atoms with Crippen molar-refractivity contribution < 1.29 is 9.53 Å². The fraction of sp³-hybridized carbons (Fsp3) is 0.588. The molecule has 1 aromatic rings. The van der Waals surface area contributed by atoms with Gasteiger partial charge in [0.2, 0.25) is 0 Å². The summed E-state index contributed by atoms with van der Waals surface area (Å²) >= 11 is 0. The van der Waals surface area contributed by atoms with E-state index in [-0.39, 0.29) is 18.6 Å². The Morgan fingerprint density at radius 1 is 1.48 bits per heavy atom. The van der Waals surface area contributed by atoms with Crippen molar-refractivity contribution in [1.29, 1.82) is 0 Å². The first-order chi connectivity index (χ1) is 10.1. The normalized spacial score (nSPS) is 20.1. The van der Waals surface area contributed by atoms with E-state index in [1.807, 2.05) is 36.1 Å². The fourth-order valence-electron chi connectivity index (χ4n) is 2.83. The average molecular weight is 290 g/mol. The molecule has 0 unspecified atom stereocenters. The fourth-order valence-corrected chi connectivity index (χ4v) is 2.83. The first-order valence-corrected chi connectivity index (χ1v) is 7.86. The van der Waals surface area contributed by atoms with Crippen LogP contribution in [0.3, 0.4) is 0 Å². The Hall–Kier alpha value is -1.55. The van der Waals surface area contributed by atoms with Crippen molar-refractivity contribution in [2.24, 2.45) is 11.7 Å². The standard InChI is InChI=1S/C17H26N2O2/c1-3-14-7-4-5-9-16(14)21-12-17(20)19-10-6-8-15(11-19)13(2)18/h4-5,7,9,13,15H,3,6,8,10-12,18H2,1-2H3/t13-,15+/m1/s1. The third-order valence-corrected chi connectivity index (χ3v) is 4.26. The number of piperidine rings is 1. The van der Waals surface area contributed by atoms with Crippen LogP contribution >= 0.6 is 0 Å². The van der Waals surface area contributed by atoms with E-state index in [0.29, 0.717) is 5.92 Å². The number of ether oxygens (including phenoxy) is 1. The van der Waals surface area contributed by atoms with Gasteiger partial charge in [0.05, 0.1) is 0 Å². The van der Waals surface area contributed by atoms with E-state index in [9.17, 15) is 4.79 Å². The zero-order valence-electron chi connectivity index (χ0n) is 13.0. The monoisotopic (exact) mass is 290 g/mol. The van der Waals surface area contributed by atoms with Gasteiger partial charge in [-0.1, -0.05) is 25.1 Å². The third-order valence-electron chi connectivity index (χ3n) is 4.26. The van der Waals surface area contributed by atoms with Crippen molar-refractivity contribution in [2.75, 3.05) is 19.7 Å². The Bertz CT molecular complexity index is 474. The summed E-state index contributed by atoms with van der Waals surface area (Å²) in [6.45, 7) is 5.80. The Kier molecular flexibility index (Phi) is 5.62. The average Bonchev–Trinajstić information content (AvgIpc) is 2.52. The van der Waals surface area contributed by atoms with Crippen LogP contribution in [0.5, 0.6) is 5.75 Å². The lowest BCUT2D eigenvalue weighted by molar-refractivity contribution is -0.135. The molecule has 2 N–H and O–H groups in total. The number of likely N-dealkylation sites (tertiary alicyclic amines) is 1. The summed E-state index contributed by atoms with van der Waals surface area (Å²) in [6, 6.07) is 8.03. The summed E-state index contributed by atoms with van der Waals surface area (Å²) in [6.07, 6.45) is 3.05. The van der Waals surface area contributed by atoms with Crippen LogP contribution in [0.1, 0.15) is 32.3 Å². The molecule has 1 heterocycles. The number of amides is 1. The highest BCUT2D eigenvalue weighted by Gasteiger charge is 2.25. The van der Waals surface area contributed by atoms with Gasteiger partial charge < -0.3 is 15.4 Å². The largest absolute Gasteiger partial charge is 0.483 e. The molecular formula is C17H26N2O2. The second-order valence-electron chi connectivity index (χ2n) is 5.85. The molecule has 116 valence electrons. The molecule has 0 radical (unpaired) electrons. The van der Waals surface area contributed by atoms with Gasteiger partial charge in [-0.15, -0.1) is 0 Å². The lowest BCUT2D eigenvalue weighted by Gasteiger charge is -2.34. The van der Waals surface area contributed by atoms with Gasteiger partial charge in [-0.3, -0.25) is 4.79 Å². The van der Waals surface area contributed by atoms with Crippen LogP contribution in [-0.4, -0.2) is 36.5 Å². The highest BCUT2D eigenvalue weighted by molar-refractivity contribution is 5.78. The number of carbonyl (C=O) groups excluding carboxylic acids is 1. The van der Waals surface area contributed by atoms with Crippen LogP contribution in [0.25, 0.3) is 0 Å². The Morgan fingerprint density at radius 3 is 2.95 bits per heavy atom. The molecule has 1 amide bonds. The molecule has 2 rings (SSSR count). The van der Waals surface area contributed by atoms with Gasteiger partial charge in [0, 0.05) is 19.1 Å². The van der Waals surface area contributed by atoms with Gasteiger partial charge in [0.25, 0.3) is 5.91 Å². The van der Waals surface area contributed by atoms with Crippen LogP contribution < -0.4 is 10.5 Å². The molecule has 1 aliphatic heterocycles. The van der Waals surface area contributed by atoms with Crippen molar-refractivity contribution in [1.82, 2.24) is 4.90 Å². The number of nitrogens with two attached hydrogens (primary N) is 1. The van der Waals surface area contributed by atoms with E-state index in [0.717, 1.165) is 43.7 Å². The minimum Gasteiger partial charge on any atom is -0.483 e. The quantitative estimate of drug-likeness (QED) is 0.904. The highest BCUT2D eigenvalue weighted by Crippen LogP contribution is 2.20. The number of benzene rings is 1. The molecule has 4 nitrogen and oxygen atoms in total. The highest BCUT2D eigenvalue weighted by atomic mass is 16.5. The minimum absolute atomic E-state index is 0.0613. The van der Waals surface area contributed by atoms with E-state index in [2.05, 4.69) is 6.92 Å². The molecule has 0 spiro atoms. The van der Waals surface area contributed by atoms with Crippen LogP contribution in [-0.2, 0) is 11.2 Å². The summed E-state index contributed by atoms with van der Waals surface area (Å²) in [5, 5.41) is 0. The molecular weight excluding hydrogens is 264 g/mol. The topological polar surface area (TPSA) is 55.6 Å². The maximum atomic E-state index is 12.3. The zero-order valence-corrected chi connectivity index (χ0v) is 13.0. The van der Waals surface area contributed by atoms with Gasteiger partial charge in [-0.25, -0.2) is 0 Å². The Labute approximate surface area is 127 Å². The molecule has 0 bridgehead atoms. The van der Waals surface area contributed by atoms with Crippen molar-refractivity contribution in [3.8, 4) is 5.75 Å². The molecule has 4 heteroatoms. The molecule has 1 saturated heterocycles. The number of hydrogen-bond acceptors (Lipinski definition) is 3. The lowest BCUT2D eigenvalue weighted by Crippen LogP contribution is -2.46. The summed E-state index contributed by atoms with van der Waals surface area (Å²) in [5.41, 5.74) is 7.10. The second kappa shape index (κ2) is 7.46. The number of rotatable bonds is 5. The second-order valence-corrected chi connectivity index (χ2v) is 5.85. The summed E-state index contributed by atoms with van der Waals surface area (Å²) in [5.74, 6) is 1.28. The van der Waals surface area contributed by atoms with Crippen LogP contribution in [0, 0.1) is 5.92 Å². The van der Waals surface area contributed by atoms with Crippen molar-refractivity contribution in [3.05, 3.63) is 29.8 Å². The smallest absolute Gasteiger partial charge is 0.260 e. The molecule has 0 aromatic heterocycles. The zero-order chi connectivity index (χ0) is 15.2. The number of carbonyl (C=O) groups is 1. The van der Waals surface area contributed by atoms with Crippen molar-refractivity contribution in [2.45, 2.75) is 39.2 Å². The number of para-hydroxylation sites is 1. The van der Waals surface area contributed by atoms with Gasteiger partial charge in [0.15, 0.2) is 6.61 Å². The maximum Gasteiger partial charge on any atom is 0.260 e. The molecule has 1 aromatic carbocycles. The van der Waals surface area contributed by atoms with Crippen LogP contribution in [0.4, 0.5) is 0 Å². The SMILES string of the molecule is CCc1ccccc1OCC(=O)N1CCC[C@H]([C@@H](C)N)C1. The van der Waals surface area contributed by atoms with Gasteiger partial charge >= 0.3 is 0 Å². The first-order valence-electron chi connectivity index (χ1n) is 7.86. The van der Waals surface area contributed by atoms with E-state index < -0.39 is 0 Å². The van der Waals surface area contributed by atoms with E-state index >= 15 is 0 Å². The van der Waals surface area contributed by atoms with Crippen LogP contribution in [0.15, 0.2) is 24.3 Å². The minimum atomic E-state index is 0.0613. The van der Waals surface area contributed by atoms with Crippen molar-refractivity contribution >= 4 is 5.91 Å². The summed E-state index contributed by atoms with van der Waals surface area (Å²) in [4.78, 5) is 14.2. The van der Waals surface area contributed by atoms with E-state index in [1.54, 1.807) is 0 Å². The molecule has 0 saturated carbocycles. The molecule has 1 fully saturated rings. The number of nitrogens with zero attached hydrogens (tertiary/aromatic N) is 1. The summed E-state index contributed by atoms with van der Waals surface area (Å²) < 4.78 is 5.72. The predicted molar refractivity (Wildman–Crippen MR) is 84.3 cm³/mol. The molecule has 1 aliphatic rings.